The van der Waals surface area contributed by atoms with Crippen molar-refractivity contribution in [1.82, 2.24) is 5.32 Å². The average molecular weight is 673 g/mol. The first kappa shape index (κ1) is 45.0. The number of rotatable bonds is 33. The molecule has 0 aromatic carbocycles. The van der Waals surface area contributed by atoms with E-state index in [1.807, 2.05) is 27.2 Å². The molecular weight excluding hydrogens is 599 g/mol. The average Bonchev–Trinajstić information content (AvgIpc) is 2.99. The molecule has 1 amide bonds. The molecule has 0 rings (SSSR count). The zero-order chi connectivity index (χ0) is 34.4. The number of likely N-dealkylation sites (N-methyl/N-ethyl adjacent to an activating group) is 1. The lowest BCUT2D eigenvalue weighted by Gasteiger charge is -2.29. The monoisotopic (exact) mass is 673 g/mol. The standard InChI is InChI=1S/C37H73N2O6P/c1-6-8-10-12-14-16-17-18-19-20-21-22-23-25-27-29-31-37(41)38-35(34-45-46(42,43)44-33-32-39(3,4)5)36(40)30-28-26-24-15-13-11-9-7-2/h13,15,28,30,35-36,40H,6-12,14,16-27,29,31-34H2,1-5H3,(H-,38,41,42,43)/b15-13+,30-28+. The Morgan fingerprint density at radius 2 is 1.22 bits per heavy atom. The number of amides is 1. The SMILES string of the molecule is CCCC/C=C/CC/C=C/C(O)C(COP(=O)([O-])OCC[N+](C)(C)C)NC(=O)CCCCCCCCCCCCCCCCCC. The molecule has 0 saturated carbocycles. The van der Waals surface area contributed by atoms with Crippen molar-refractivity contribution in [3.05, 3.63) is 24.3 Å². The van der Waals surface area contributed by atoms with Crippen LogP contribution in [0.4, 0.5) is 0 Å². The molecule has 8 nitrogen and oxygen atoms in total. The van der Waals surface area contributed by atoms with Gasteiger partial charge in [-0.1, -0.05) is 147 Å². The van der Waals surface area contributed by atoms with Gasteiger partial charge in [0.05, 0.1) is 39.9 Å². The smallest absolute Gasteiger partial charge is 0.268 e. The van der Waals surface area contributed by atoms with Crippen molar-refractivity contribution in [3.63, 3.8) is 0 Å². The van der Waals surface area contributed by atoms with Gasteiger partial charge in [0.1, 0.15) is 13.2 Å². The Morgan fingerprint density at radius 3 is 1.74 bits per heavy atom. The van der Waals surface area contributed by atoms with E-state index in [4.69, 9.17) is 9.05 Å². The highest BCUT2D eigenvalue weighted by molar-refractivity contribution is 7.45. The molecule has 3 unspecified atom stereocenters. The molecular formula is C37H73N2O6P. The zero-order valence-corrected chi connectivity index (χ0v) is 31.4. The molecule has 46 heavy (non-hydrogen) atoms. The number of nitrogens with zero attached hydrogens (tertiary/aromatic N) is 1. The number of nitrogens with one attached hydrogen (secondary N) is 1. The molecule has 0 bridgehead atoms. The lowest BCUT2D eigenvalue weighted by atomic mass is 10.0. The lowest BCUT2D eigenvalue weighted by Crippen LogP contribution is -2.45. The molecule has 2 N–H and O–H groups in total. The molecule has 0 aliphatic carbocycles. The minimum absolute atomic E-state index is 0.00517. The van der Waals surface area contributed by atoms with Gasteiger partial charge in [-0.15, -0.1) is 0 Å². The van der Waals surface area contributed by atoms with Crippen LogP contribution >= 0.6 is 7.82 Å². The zero-order valence-electron chi connectivity index (χ0n) is 30.5. The van der Waals surface area contributed by atoms with E-state index in [-0.39, 0.29) is 12.5 Å². The van der Waals surface area contributed by atoms with Crippen molar-refractivity contribution in [2.24, 2.45) is 0 Å². The second-order valence-corrected chi connectivity index (χ2v) is 15.3. The van der Waals surface area contributed by atoms with Crippen LogP contribution in [0.1, 0.15) is 155 Å². The van der Waals surface area contributed by atoms with Crippen LogP contribution in [0.2, 0.25) is 0 Å². The summed E-state index contributed by atoms with van der Waals surface area (Å²) in [7, 11) is 1.24. The molecule has 0 aromatic rings. The van der Waals surface area contributed by atoms with Crippen LogP contribution in [-0.2, 0) is 18.4 Å². The molecule has 0 aromatic heterocycles. The van der Waals surface area contributed by atoms with Gasteiger partial charge in [0, 0.05) is 6.42 Å². The van der Waals surface area contributed by atoms with Gasteiger partial charge in [0.15, 0.2) is 0 Å². The van der Waals surface area contributed by atoms with Crippen LogP contribution in [0.25, 0.3) is 0 Å². The Bertz CT molecular complexity index is 814. The van der Waals surface area contributed by atoms with Gasteiger partial charge < -0.3 is 28.8 Å². The van der Waals surface area contributed by atoms with Gasteiger partial charge in [0.25, 0.3) is 7.82 Å². The van der Waals surface area contributed by atoms with Crippen molar-refractivity contribution in [2.75, 3.05) is 40.9 Å². The summed E-state index contributed by atoms with van der Waals surface area (Å²) in [5.41, 5.74) is 0. The number of quaternary nitrogens is 1. The Hall–Kier alpha value is -1.02. The van der Waals surface area contributed by atoms with Crippen LogP contribution in [-0.4, -0.2) is 68.5 Å². The third-order valence-electron chi connectivity index (χ3n) is 8.16. The minimum atomic E-state index is -4.58. The Kier molecular flexibility index (Phi) is 29.4. The highest BCUT2D eigenvalue weighted by atomic mass is 31.2. The summed E-state index contributed by atoms with van der Waals surface area (Å²) in [6, 6.07) is -0.894. The highest BCUT2D eigenvalue weighted by Crippen LogP contribution is 2.38. The third-order valence-corrected chi connectivity index (χ3v) is 9.13. The molecule has 9 heteroatoms. The van der Waals surface area contributed by atoms with E-state index in [9.17, 15) is 19.4 Å². The van der Waals surface area contributed by atoms with Gasteiger partial charge >= 0.3 is 0 Å². The van der Waals surface area contributed by atoms with Gasteiger partial charge in [0.2, 0.25) is 5.91 Å². The number of aliphatic hydroxyl groups excluding tert-OH is 1. The van der Waals surface area contributed by atoms with E-state index in [2.05, 4.69) is 31.3 Å². The van der Waals surface area contributed by atoms with E-state index in [1.165, 1.54) is 96.3 Å². The number of unbranched alkanes of at least 4 members (excludes halogenated alkanes) is 18. The van der Waals surface area contributed by atoms with E-state index in [1.54, 1.807) is 6.08 Å². The minimum Gasteiger partial charge on any atom is -0.756 e. The number of aliphatic hydroxyl groups is 1. The number of hydrogen-bond donors (Lipinski definition) is 2. The fourth-order valence-electron chi connectivity index (χ4n) is 5.09. The quantitative estimate of drug-likeness (QED) is 0.0312. The number of phosphoric ester groups is 1. The number of carbonyl (C=O) groups excluding carboxylic acids is 1. The predicted molar refractivity (Wildman–Crippen MR) is 192 cm³/mol. The Morgan fingerprint density at radius 1 is 0.739 bits per heavy atom. The number of phosphoric acid groups is 1. The second kappa shape index (κ2) is 30.1. The number of hydrogen-bond acceptors (Lipinski definition) is 6. The summed E-state index contributed by atoms with van der Waals surface area (Å²) >= 11 is 0. The molecule has 0 saturated heterocycles. The highest BCUT2D eigenvalue weighted by Gasteiger charge is 2.23. The second-order valence-electron chi connectivity index (χ2n) is 13.9. The fourth-order valence-corrected chi connectivity index (χ4v) is 5.82. The third kappa shape index (κ3) is 31.6. The van der Waals surface area contributed by atoms with E-state index >= 15 is 0 Å². The molecule has 0 aliphatic heterocycles. The topological polar surface area (TPSA) is 108 Å². The molecule has 3 atom stereocenters. The maximum atomic E-state index is 12.7. The number of allylic oxidation sites excluding steroid dienone is 3. The van der Waals surface area contributed by atoms with Crippen molar-refractivity contribution in [2.45, 2.75) is 167 Å². The van der Waals surface area contributed by atoms with Crippen molar-refractivity contribution < 1.29 is 32.9 Å². The first-order valence-electron chi connectivity index (χ1n) is 18.7. The maximum Gasteiger partial charge on any atom is 0.268 e. The van der Waals surface area contributed by atoms with Crippen molar-refractivity contribution >= 4 is 13.7 Å². The van der Waals surface area contributed by atoms with Gasteiger partial charge in [-0.25, -0.2) is 0 Å². The van der Waals surface area contributed by atoms with Gasteiger partial charge in [-0.05, 0) is 25.7 Å². The van der Waals surface area contributed by atoms with Crippen molar-refractivity contribution in [3.8, 4) is 0 Å². The predicted octanol–water partition coefficient (Wildman–Crippen LogP) is 8.77. The van der Waals surface area contributed by atoms with E-state index in [0.717, 1.165) is 38.5 Å². The van der Waals surface area contributed by atoms with Gasteiger partial charge in [-0.2, -0.15) is 0 Å². The fraction of sp³-hybridized carbons (Fsp3) is 0.865. The summed E-state index contributed by atoms with van der Waals surface area (Å²) < 4.78 is 23.0. The summed E-state index contributed by atoms with van der Waals surface area (Å²) in [6.07, 6.45) is 32.4. The first-order valence-corrected chi connectivity index (χ1v) is 20.2. The summed E-state index contributed by atoms with van der Waals surface area (Å²) in [4.78, 5) is 25.1. The Balaban J connectivity index is 4.42. The molecule has 272 valence electrons. The van der Waals surface area contributed by atoms with E-state index < -0.39 is 26.6 Å². The summed E-state index contributed by atoms with van der Waals surface area (Å²) in [5.74, 6) is -0.211. The van der Waals surface area contributed by atoms with Crippen LogP contribution in [0.5, 0.6) is 0 Å². The normalized spacial score (nSPS) is 15.0. The number of carbonyl (C=O) groups is 1. The summed E-state index contributed by atoms with van der Waals surface area (Å²) in [5, 5.41) is 13.6. The first-order chi connectivity index (χ1) is 22.0. The lowest BCUT2D eigenvalue weighted by molar-refractivity contribution is -0.870. The largest absolute Gasteiger partial charge is 0.756 e. The summed E-state index contributed by atoms with van der Waals surface area (Å²) in [6.45, 7) is 4.53. The van der Waals surface area contributed by atoms with Gasteiger partial charge in [-0.3, -0.25) is 9.36 Å². The van der Waals surface area contributed by atoms with Crippen molar-refractivity contribution in [1.29, 1.82) is 0 Å². The van der Waals surface area contributed by atoms with Crippen LogP contribution in [0.15, 0.2) is 24.3 Å². The molecule has 0 spiro atoms. The molecule has 0 aliphatic rings. The maximum absolute atomic E-state index is 12.7. The van der Waals surface area contributed by atoms with Crippen LogP contribution < -0.4 is 10.2 Å². The molecule has 0 radical (unpaired) electrons. The van der Waals surface area contributed by atoms with Crippen LogP contribution in [0, 0.1) is 0 Å². The van der Waals surface area contributed by atoms with Crippen LogP contribution in [0.3, 0.4) is 0 Å². The molecule has 0 heterocycles. The molecule has 0 fully saturated rings. The Labute approximate surface area is 284 Å². The van der Waals surface area contributed by atoms with E-state index in [0.29, 0.717) is 17.4 Å².